The van der Waals surface area contributed by atoms with Crippen LogP contribution >= 0.6 is 0 Å². The molecule has 1 unspecified atom stereocenters. The van der Waals surface area contributed by atoms with Gasteiger partial charge >= 0.3 is 0 Å². The first-order valence-corrected chi connectivity index (χ1v) is 5.64. The maximum atomic E-state index is 10.8. The van der Waals surface area contributed by atoms with Crippen LogP contribution in [0.4, 0.5) is 0 Å². The second-order valence-electron chi connectivity index (χ2n) is 4.27. The second kappa shape index (κ2) is 5.84. The molecule has 0 radical (unpaired) electrons. The van der Waals surface area contributed by atoms with Crippen molar-refractivity contribution in [3.8, 4) is 0 Å². The molecule has 0 aromatic rings. The lowest BCUT2D eigenvalue weighted by atomic mass is 9.89. The van der Waals surface area contributed by atoms with Crippen LogP contribution in [-0.4, -0.2) is 11.9 Å². The average molecular weight is 195 g/mol. The zero-order valence-corrected chi connectivity index (χ0v) is 9.25. The van der Waals surface area contributed by atoms with Gasteiger partial charge in [0.1, 0.15) is 0 Å². The van der Waals surface area contributed by atoms with Crippen molar-refractivity contribution in [3.63, 3.8) is 0 Å². The Hall–Kier alpha value is -0.790. The number of carbonyl (C=O) groups is 1. The molecule has 1 atom stereocenters. The van der Waals surface area contributed by atoms with E-state index in [2.05, 4.69) is 17.5 Å². The van der Waals surface area contributed by atoms with Gasteiger partial charge in [0.2, 0.25) is 5.91 Å². The molecule has 80 valence electrons. The van der Waals surface area contributed by atoms with Gasteiger partial charge in [-0.05, 0) is 25.7 Å². The van der Waals surface area contributed by atoms with Crippen molar-refractivity contribution < 1.29 is 4.79 Å². The van der Waals surface area contributed by atoms with Crippen molar-refractivity contribution in [2.75, 3.05) is 0 Å². The van der Waals surface area contributed by atoms with Crippen molar-refractivity contribution in [1.29, 1.82) is 0 Å². The fourth-order valence-electron chi connectivity index (χ4n) is 2.02. The SMILES string of the molecule is CC(=O)NC(C)/C=C\C1CCCCC1. The maximum absolute atomic E-state index is 10.8. The van der Waals surface area contributed by atoms with Crippen LogP contribution in [0.2, 0.25) is 0 Å². The third kappa shape index (κ3) is 4.45. The van der Waals surface area contributed by atoms with Crippen LogP contribution in [0.3, 0.4) is 0 Å². The van der Waals surface area contributed by atoms with Crippen molar-refractivity contribution in [2.24, 2.45) is 5.92 Å². The summed E-state index contributed by atoms with van der Waals surface area (Å²) in [5, 5.41) is 2.86. The molecule has 14 heavy (non-hydrogen) atoms. The Morgan fingerprint density at radius 1 is 1.36 bits per heavy atom. The number of rotatable bonds is 3. The molecule has 0 spiro atoms. The van der Waals surface area contributed by atoms with Crippen LogP contribution < -0.4 is 5.32 Å². The minimum Gasteiger partial charge on any atom is -0.350 e. The van der Waals surface area contributed by atoms with Crippen molar-refractivity contribution in [3.05, 3.63) is 12.2 Å². The molecule has 1 aliphatic rings. The van der Waals surface area contributed by atoms with Gasteiger partial charge in [0.15, 0.2) is 0 Å². The van der Waals surface area contributed by atoms with E-state index in [-0.39, 0.29) is 11.9 Å². The predicted octanol–water partition coefficient (Wildman–Crippen LogP) is 2.65. The molecular formula is C12H21NO. The van der Waals surface area contributed by atoms with E-state index in [1.807, 2.05) is 6.92 Å². The van der Waals surface area contributed by atoms with Crippen LogP contribution in [0.1, 0.15) is 46.0 Å². The van der Waals surface area contributed by atoms with Crippen LogP contribution in [-0.2, 0) is 4.79 Å². The summed E-state index contributed by atoms with van der Waals surface area (Å²) in [5.41, 5.74) is 0. The summed E-state index contributed by atoms with van der Waals surface area (Å²) in [6, 6.07) is 0.175. The molecule has 0 aromatic carbocycles. The van der Waals surface area contributed by atoms with Crippen LogP contribution in [0.15, 0.2) is 12.2 Å². The first kappa shape index (κ1) is 11.3. The van der Waals surface area contributed by atoms with E-state index in [9.17, 15) is 4.79 Å². The number of hydrogen-bond acceptors (Lipinski definition) is 1. The van der Waals surface area contributed by atoms with Crippen LogP contribution in [0, 0.1) is 5.92 Å². The first-order valence-electron chi connectivity index (χ1n) is 5.64. The summed E-state index contributed by atoms with van der Waals surface area (Å²) >= 11 is 0. The van der Waals surface area contributed by atoms with Crippen molar-refractivity contribution in [2.45, 2.75) is 52.0 Å². The summed E-state index contributed by atoms with van der Waals surface area (Å²) in [4.78, 5) is 10.8. The van der Waals surface area contributed by atoms with E-state index in [0.717, 1.165) is 5.92 Å². The molecule has 2 nitrogen and oxygen atoms in total. The minimum atomic E-state index is 0.0470. The normalized spacial score (nSPS) is 21.0. The quantitative estimate of drug-likeness (QED) is 0.689. The largest absolute Gasteiger partial charge is 0.350 e. The van der Waals surface area contributed by atoms with Gasteiger partial charge in [-0.25, -0.2) is 0 Å². The van der Waals surface area contributed by atoms with Crippen molar-refractivity contribution >= 4 is 5.91 Å². The van der Waals surface area contributed by atoms with E-state index < -0.39 is 0 Å². The first-order chi connectivity index (χ1) is 6.68. The highest BCUT2D eigenvalue weighted by atomic mass is 16.1. The predicted molar refractivity (Wildman–Crippen MR) is 59.0 cm³/mol. The van der Waals surface area contributed by atoms with Gasteiger partial charge in [-0.15, -0.1) is 0 Å². The topological polar surface area (TPSA) is 29.1 Å². The fourth-order valence-corrected chi connectivity index (χ4v) is 2.02. The Labute approximate surface area is 86.8 Å². The highest BCUT2D eigenvalue weighted by molar-refractivity contribution is 5.73. The molecule has 1 saturated carbocycles. The highest BCUT2D eigenvalue weighted by Crippen LogP contribution is 2.24. The maximum Gasteiger partial charge on any atom is 0.217 e. The molecule has 1 aliphatic carbocycles. The number of nitrogens with one attached hydrogen (secondary N) is 1. The summed E-state index contributed by atoms with van der Waals surface area (Å²) in [7, 11) is 0. The van der Waals surface area contributed by atoms with Gasteiger partial charge in [0.05, 0.1) is 0 Å². The lowest BCUT2D eigenvalue weighted by Gasteiger charge is -2.18. The fraction of sp³-hybridized carbons (Fsp3) is 0.750. The second-order valence-corrected chi connectivity index (χ2v) is 4.27. The molecule has 0 bridgehead atoms. The van der Waals surface area contributed by atoms with Crippen LogP contribution in [0.25, 0.3) is 0 Å². The molecule has 2 heteroatoms. The summed E-state index contributed by atoms with van der Waals surface area (Å²) in [6.07, 6.45) is 11.2. The Morgan fingerprint density at radius 3 is 2.57 bits per heavy atom. The lowest BCUT2D eigenvalue weighted by Crippen LogP contribution is -2.28. The average Bonchev–Trinajstić information content (AvgIpc) is 2.15. The monoisotopic (exact) mass is 195 g/mol. The molecule has 1 N–H and O–H groups in total. The zero-order chi connectivity index (χ0) is 10.4. The Balaban J connectivity index is 2.26. The zero-order valence-electron chi connectivity index (χ0n) is 9.25. The van der Waals surface area contributed by atoms with Gasteiger partial charge in [-0.3, -0.25) is 4.79 Å². The summed E-state index contributed by atoms with van der Waals surface area (Å²) in [6.45, 7) is 3.58. The van der Waals surface area contributed by atoms with Gasteiger partial charge < -0.3 is 5.32 Å². The molecular weight excluding hydrogens is 174 g/mol. The molecule has 0 aromatic heterocycles. The van der Waals surface area contributed by atoms with Gasteiger partial charge in [-0.2, -0.15) is 0 Å². The summed E-state index contributed by atoms with van der Waals surface area (Å²) < 4.78 is 0. The van der Waals surface area contributed by atoms with Gasteiger partial charge in [0.25, 0.3) is 0 Å². The highest BCUT2D eigenvalue weighted by Gasteiger charge is 2.10. The lowest BCUT2D eigenvalue weighted by molar-refractivity contribution is -0.119. The van der Waals surface area contributed by atoms with E-state index >= 15 is 0 Å². The van der Waals surface area contributed by atoms with E-state index in [0.29, 0.717) is 0 Å². The van der Waals surface area contributed by atoms with E-state index in [1.165, 1.54) is 32.1 Å². The number of hydrogen-bond donors (Lipinski definition) is 1. The third-order valence-corrected chi connectivity index (χ3v) is 2.75. The number of amides is 1. The molecule has 1 fully saturated rings. The molecule has 0 saturated heterocycles. The van der Waals surface area contributed by atoms with Gasteiger partial charge in [-0.1, -0.05) is 31.4 Å². The molecule has 1 amide bonds. The standard InChI is InChI=1S/C12H21NO/c1-10(13-11(2)14)8-9-12-6-4-3-5-7-12/h8-10,12H,3-7H2,1-2H3,(H,13,14)/b9-8-. The van der Waals surface area contributed by atoms with E-state index in [4.69, 9.17) is 0 Å². The van der Waals surface area contributed by atoms with E-state index in [1.54, 1.807) is 6.92 Å². The molecule has 0 heterocycles. The molecule has 0 aliphatic heterocycles. The number of allylic oxidation sites excluding steroid dienone is 1. The Bertz CT molecular complexity index is 204. The Kier molecular flexibility index (Phi) is 4.71. The van der Waals surface area contributed by atoms with Crippen LogP contribution in [0.5, 0.6) is 0 Å². The third-order valence-electron chi connectivity index (χ3n) is 2.75. The van der Waals surface area contributed by atoms with Gasteiger partial charge in [0, 0.05) is 13.0 Å². The number of carbonyl (C=O) groups excluding carboxylic acids is 1. The Morgan fingerprint density at radius 2 is 2.00 bits per heavy atom. The smallest absolute Gasteiger partial charge is 0.217 e. The van der Waals surface area contributed by atoms with Crippen molar-refractivity contribution in [1.82, 2.24) is 5.32 Å². The summed E-state index contributed by atoms with van der Waals surface area (Å²) in [5.74, 6) is 0.797. The minimum absolute atomic E-state index is 0.0470. The molecule has 1 rings (SSSR count).